The highest BCUT2D eigenvalue weighted by molar-refractivity contribution is 9.10. The summed E-state index contributed by atoms with van der Waals surface area (Å²) in [6.07, 6.45) is 1.73. The molecule has 2 aromatic rings. The van der Waals surface area contributed by atoms with Gasteiger partial charge in [-0.05, 0) is 53.0 Å². The molecular formula is C14H14BrNO. The minimum Gasteiger partial charge on any atom is -0.486 e. The summed E-state index contributed by atoms with van der Waals surface area (Å²) in [5.74, 6) is 0.772. The average molecular weight is 292 g/mol. The average Bonchev–Trinajstić information content (AvgIpc) is 2.32. The monoisotopic (exact) mass is 291 g/mol. The van der Waals surface area contributed by atoms with Gasteiger partial charge in [0.15, 0.2) is 5.75 Å². The van der Waals surface area contributed by atoms with E-state index in [0.717, 1.165) is 10.4 Å². The first-order valence-electron chi connectivity index (χ1n) is 5.46. The third kappa shape index (κ3) is 3.07. The van der Waals surface area contributed by atoms with Gasteiger partial charge in [0, 0.05) is 6.20 Å². The number of aryl methyl sites for hydroxylation is 2. The highest BCUT2D eigenvalue weighted by atomic mass is 79.9. The standard InChI is InChI=1S/C14H14BrNO/c1-10-5-6-11(2)12(8-10)9-17-13-4-3-7-16-14(13)15/h3-8H,9H2,1-2H3. The first kappa shape index (κ1) is 12.1. The topological polar surface area (TPSA) is 22.1 Å². The Kier molecular flexibility index (Phi) is 3.79. The van der Waals surface area contributed by atoms with Crippen LogP contribution in [-0.2, 0) is 6.61 Å². The SMILES string of the molecule is Cc1ccc(C)c(COc2cccnc2Br)c1. The van der Waals surface area contributed by atoms with Crippen molar-refractivity contribution in [1.82, 2.24) is 4.98 Å². The lowest BCUT2D eigenvalue weighted by atomic mass is 10.1. The van der Waals surface area contributed by atoms with E-state index in [2.05, 4.69) is 53.0 Å². The third-order valence-electron chi connectivity index (χ3n) is 2.61. The lowest BCUT2D eigenvalue weighted by Gasteiger charge is -2.10. The van der Waals surface area contributed by atoms with E-state index in [4.69, 9.17) is 4.74 Å². The van der Waals surface area contributed by atoms with Crippen LogP contribution in [0, 0.1) is 13.8 Å². The molecule has 0 N–H and O–H groups in total. The normalized spacial score (nSPS) is 10.3. The van der Waals surface area contributed by atoms with Crippen LogP contribution in [0.15, 0.2) is 41.1 Å². The van der Waals surface area contributed by atoms with E-state index in [1.807, 2.05) is 12.1 Å². The molecule has 1 aromatic carbocycles. The molecular weight excluding hydrogens is 278 g/mol. The van der Waals surface area contributed by atoms with E-state index in [0.29, 0.717) is 6.61 Å². The van der Waals surface area contributed by atoms with Crippen molar-refractivity contribution in [1.29, 1.82) is 0 Å². The summed E-state index contributed by atoms with van der Waals surface area (Å²) in [6, 6.07) is 10.1. The summed E-state index contributed by atoms with van der Waals surface area (Å²) in [6.45, 7) is 4.75. The lowest BCUT2D eigenvalue weighted by Crippen LogP contribution is -1.99. The Morgan fingerprint density at radius 1 is 1.24 bits per heavy atom. The van der Waals surface area contributed by atoms with Crippen molar-refractivity contribution in [3.63, 3.8) is 0 Å². The number of aromatic nitrogens is 1. The van der Waals surface area contributed by atoms with Crippen LogP contribution in [0.1, 0.15) is 16.7 Å². The number of hydrogen-bond acceptors (Lipinski definition) is 2. The minimum atomic E-state index is 0.567. The molecule has 0 fully saturated rings. The fourth-order valence-electron chi connectivity index (χ4n) is 1.59. The summed E-state index contributed by atoms with van der Waals surface area (Å²) in [7, 11) is 0. The minimum absolute atomic E-state index is 0.567. The zero-order chi connectivity index (χ0) is 12.3. The Morgan fingerprint density at radius 3 is 2.82 bits per heavy atom. The fraction of sp³-hybridized carbons (Fsp3) is 0.214. The van der Waals surface area contributed by atoms with Gasteiger partial charge in [0.25, 0.3) is 0 Å². The number of pyridine rings is 1. The zero-order valence-electron chi connectivity index (χ0n) is 9.90. The van der Waals surface area contributed by atoms with Gasteiger partial charge in [-0.3, -0.25) is 0 Å². The van der Waals surface area contributed by atoms with Gasteiger partial charge >= 0.3 is 0 Å². The molecule has 2 nitrogen and oxygen atoms in total. The van der Waals surface area contributed by atoms with Crippen molar-refractivity contribution < 1.29 is 4.74 Å². The predicted molar refractivity (Wildman–Crippen MR) is 72.2 cm³/mol. The second kappa shape index (κ2) is 5.32. The maximum atomic E-state index is 5.75. The number of hydrogen-bond donors (Lipinski definition) is 0. The number of rotatable bonds is 3. The summed E-state index contributed by atoms with van der Waals surface area (Å²) in [5.41, 5.74) is 3.70. The molecule has 0 aliphatic heterocycles. The zero-order valence-corrected chi connectivity index (χ0v) is 11.5. The molecule has 0 spiro atoms. The molecule has 3 heteroatoms. The highest BCUT2D eigenvalue weighted by Gasteiger charge is 2.03. The molecule has 17 heavy (non-hydrogen) atoms. The predicted octanol–water partition coefficient (Wildman–Crippen LogP) is 4.04. The largest absolute Gasteiger partial charge is 0.486 e. The van der Waals surface area contributed by atoms with Gasteiger partial charge in [0.1, 0.15) is 11.2 Å². The van der Waals surface area contributed by atoms with Crippen LogP contribution in [0.5, 0.6) is 5.75 Å². The molecule has 0 aliphatic rings. The van der Waals surface area contributed by atoms with Crippen LogP contribution < -0.4 is 4.74 Å². The first-order chi connectivity index (χ1) is 8.16. The van der Waals surface area contributed by atoms with Crippen molar-refractivity contribution >= 4 is 15.9 Å². The number of nitrogens with zero attached hydrogens (tertiary/aromatic N) is 1. The summed E-state index contributed by atoms with van der Waals surface area (Å²) < 4.78 is 6.49. The van der Waals surface area contributed by atoms with Crippen molar-refractivity contribution in [2.24, 2.45) is 0 Å². The Balaban J connectivity index is 2.12. The van der Waals surface area contributed by atoms with Crippen LogP contribution in [-0.4, -0.2) is 4.98 Å². The second-order valence-corrected chi connectivity index (χ2v) is 4.76. The van der Waals surface area contributed by atoms with E-state index in [-0.39, 0.29) is 0 Å². The maximum Gasteiger partial charge on any atom is 0.152 e. The molecule has 0 atom stereocenters. The van der Waals surface area contributed by atoms with Crippen molar-refractivity contribution in [2.75, 3.05) is 0 Å². The Hall–Kier alpha value is -1.35. The summed E-state index contributed by atoms with van der Waals surface area (Å²) in [4.78, 5) is 4.12. The van der Waals surface area contributed by atoms with Gasteiger partial charge < -0.3 is 4.74 Å². The van der Waals surface area contributed by atoms with E-state index >= 15 is 0 Å². The van der Waals surface area contributed by atoms with Gasteiger partial charge in [0.05, 0.1) is 0 Å². The molecule has 0 saturated heterocycles. The van der Waals surface area contributed by atoms with E-state index in [1.165, 1.54) is 16.7 Å². The molecule has 0 amide bonds. The van der Waals surface area contributed by atoms with Gasteiger partial charge in [0.2, 0.25) is 0 Å². The number of ether oxygens (including phenoxy) is 1. The van der Waals surface area contributed by atoms with Crippen LogP contribution in [0.4, 0.5) is 0 Å². The highest BCUT2D eigenvalue weighted by Crippen LogP contribution is 2.23. The smallest absolute Gasteiger partial charge is 0.152 e. The molecule has 88 valence electrons. The molecule has 1 heterocycles. The molecule has 1 aromatic heterocycles. The van der Waals surface area contributed by atoms with Crippen LogP contribution in [0.25, 0.3) is 0 Å². The van der Waals surface area contributed by atoms with Gasteiger partial charge in [-0.25, -0.2) is 4.98 Å². The van der Waals surface area contributed by atoms with Gasteiger partial charge in [-0.2, -0.15) is 0 Å². The molecule has 0 unspecified atom stereocenters. The molecule has 0 bridgehead atoms. The Labute approximate surface area is 110 Å². The Morgan fingerprint density at radius 2 is 2.06 bits per heavy atom. The molecule has 0 radical (unpaired) electrons. The van der Waals surface area contributed by atoms with E-state index in [1.54, 1.807) is 6.20 Å². The molecule has 2 rings (SSSR count). The lowest BCUT2D eigenvalue weighted by molar-refractivity contribution is 0.302. The van der Waals surface area contributed by atoms with E-state index in [9.17, 15) is 0 Å². The van der Waals surface area contributed by atoms with Crippen LogP contribution >= 0.6 is 15.9 Å². The van der Waals surface area contributed by atoms with Crippen molar-refractivity contribution in [3.05, 3.63) is 57.8 Å². The first-order valence-corrected chi connectivity index (χ1v) is 6.25. The third-order valence-corrected chi connectivity index (χ3v) is 3.21. The van der Waals surface area contributed by atoms with Crippen LogP contribution in [0.3, 0.4) is 0 Å². The maximum absolute atomic E-state index is 5.75. The fourth-order valence-corrected chi connectivity index (χ4v) is 1.96. The molecule has 0 saturated carbocycles. The van der Waals surface area contributed by atoms with Crippen molar-refractivity contribution in [3.8, 4) is 5.75 Å². The summed E-state index contributed by atoms with van der Waals surface area (Å²) in [5, 5.41) is 0. The quantitative estimate of drug-likeness (QED) is 0.796. The number of benzene rings is 1. The van der Waals surface area contributed by atoms with E-state index < -0.39 is 0 Å². The summed E-state index contributed by atoms with van der Waals surface area (Å²) >= 11 is 3.37. The van der Waals surface area contributed by atoms with Gasteiger partial charge in [-0.1, -0.05) is 23.8 Å². The Bertz CT molecular complexity index is 525. The van der Waals surface area contributed by atoms with Gasteiger partial charge in [-0.15, -0.1) is 0 Å². The second-order valence-electron chi connectivity index (χ2n) is 4.01. The molecule has 0 aliphatic carbocycles. The number of halogens is 1. The van der Waals surface area contributed by atoms with Crippen LogP contribution in [0.2, 0.25) is 0 Å². The van der Waals surface area contributed by atoms with Crippen molar-refractivity contribution in [2.45, 2.75) is 20.5 Å².